The van der Waals surface area contributed by atoms with Crippen molar-refractivity contribution in [1.82, 2.24) is 10.2 Å². The third-order valence-corrected chi connectivity index (χ3v) is 8.16. The lowest BCUT2D eigenvalue weighted by Gasteiger charge is -2.33. The molecule has 0 aliphatic carbocycles. The Kier molecular flexibility index (Phi) is 10.8. The first-order chi connectivity index (χ1) is 19.2. The Labute approximate surface area is 234 Å². The smallest absolute Gasteiger partial charge is 0.269 e. The number of nitro groups is 1. The van der Waals surface area contributed by atoms with Crippen LogP contribution in [0, 0.1) is 10.1 Å². The molecule has 0 heterocycles. The number of carbonyl (C=O) groups excluding carboxylic acids is 2. The van der Waals surface area contributed by atoms with E-state index in [-0.39, 0.29) is 28.7 Å². The fourth-order valence-corrected chi connectivity index (χ4v) is 5.63. The highest BCUT2D eigenvalue weighted by atomic mass is 32.2. The zero-order valence-corrected chi connectivity index (χ0v) is 23.4. The van der Waals surface area contributed by atoms with Crippen molar-refractivity contribution in [3.8, 4) is 0 Å². The Morgan fingerprint density at radius 1 is 0.925 bits per heavy atom. The Bertz CT molecular complexity index is 1380. The molecule has 1 N–H and O–H groups in total. The van der Waals surface area contributed by atoms with E-state index >= 15 is 0 Å². The van der Waals surface area contributed by atoms with E-state index in [2.05, 4.69) is 5.32 Å². The van der Waals surface area contributed by atoms with Crippen LogP contribution in [-0.2, 0) is 26.2 Å². The number of hydrogen-bond acceptors (Lipinski definition) is 6. The number of anilines is 1. The summed E-state index contributed by atoms with van der Waals surface area (Å²) in [5, 5.41) is 14.1. The van der Waals surface area contributed by atoms with Gasteiger partial charge in [0.2, 0.25) is 11.8 Å². The number of benzene rings is 3. The van der Waals surface area contributed by atoms with Gasteiger partial charge in [-0.1, -0.05) is 68.8 Å². The molecule has 0 aliphatic heterocycles. The minimum absolute atomic E-state index is 0.0416. The lowest BCUT2D eigenvalue weighted by molar-refractivity contribution is -0.384. The Balaban J connectivity index is 2.02. The second kappa shape index (κ2) is 14.2. The summed E-state index contributed by atoms with van der Waals surface area (Å²) in [5.41, 5.74) is 0.652. The first kappa shape index (κ1) is 30.3. The molecule has 212 valence electrons. The van der Waals surface area contributed by atoms with Crippen LogP contribution in [-0.4, -0.2) is 49.2 Å². The van der Waals surface area contributed by atoms with E-state index in [1.54, 1.807) is 25.1 Å². The van der Waals surface area contributed by atoms with Crippen molar-refractivity contribution in [2.75, 3.05) is 17.4 Å². The van der Waals surface area contributed by atoms with Crippen LogP contribution < -0.4 is 9.62 Å². The number of unbranched alkanes of at least 4 members (excludes halogenated alkanes) is 1. The highest BCUT2D eigenvalue weighted by Crippen LogP contribution is 2.26. The van der Waals surface area contributed by atoms with E-state index in [9.17, 15) is 28.1 Å². The van der Waals surface area contributed by atoms with Crippen molar-refractivity contribution in [1.29, 1.82) is 0 Å². The summed E-state index contributed by atoms with van der Waals surface area (Å²) in [6, 6.07) is 20.9. The molecule has 3 rings (SSSR count). The number of sulfonamides is 1. The molecule has 0 radical (unpaired) electrons. The van der Waals surface area contributed by atoms with Gasteiger partial charge in [0, 0.05) is 25.2 Å². The SMILES string of the molecule is CCCCNC(=O)C(CC)N(Cc1ccccc1)C(=O)CN(c1ccc([N+](=O)[O-])cc1)S(=O)(=O)c1ccccc1. The van der Waals surface area contributed by atoms with Gasteiger partial charge in [-0.3, -0.25) is 24.0 Å². The summed E-state index contributed by atoms with van der Waals surface area (Å²) in [6.07, 6.45) is 2.00. The number of amides is 2. The first-order valence-electron chi connectivity index (χ1n) is 13.1. The van der Waals surface area contributed by atoms with Gasteiger partial charge < -0.3 is 10.2 Å². The molecule has 3 aromatic rings. The molecule has 0 aromatic heterocycles. The second-order valence-corrected chi connectivity index (χ2v) is 11.0. The van der Waals surface area contributed by atoms with Gasteiger partial charge >= 0.3 is 0 Å². The molecule has 11 heteroatoms. The van der Waals surface area contributed by atoms with Crippen LogP contribution in [0.1, 0.15) is 38.7 Å². The maximum atomic E-state index is 14.0. The predicted molar refractivity (Wildman–Crippen MR) is 153 cm³/mol. The predicted octanol–water partition coefficient (Wildman–Crippen LogP) is 4.51. The summed E-state index contributed by atoms with van der Waals surface area (Å²) < 4.78 is 28.4. The van der Waals surface area contributed by atoms with Gasteiger partial charge in [0.1, 0.15) is 12.6 Å². The molecule has 0 spiro atoms. The van der Waals surface area contributed by atoms with Crippen molar-refractivity contribution >= 4 is 33.2 Å². The Hall–Kier alpha value is -4.25. The first-order valence-corrected chi connectivity index (χ1v) is 14.6. The van der Waals surface area contributed by atoms with E-state index < -0.39 is 33.4 Å². The maximum absolute atomic E-state index is 14.0. The van der Waals surface area contributed by atoms with Crippen molar-refractivity contribution < 1.29 is 22.9 Å². The van der Waals surface area contributed by atoms with E-state index in [0.29, 0.717) is 13.0 Å². The molecule has 0 saturated heterocycles. The zero-order chi connectivity index (χ0) is 29.1. The van der Waals surface area contributed by atoms with Crippen molar-refractivity contribution in [3.63, 3.8) is 0 Å². The number of nitrogens with zero attached hydrogens (tertiary/aromatic N) is 3. The molecular formula is C29H34N4O6S. The quantitative estimate of drug-likeness (QED) is 0.174. The lowest BCUT2D eigenvalue weighted by atomic mass is 10.1. The molecule has 40 heavy (non-hydrogen) atoms. The molecule has 10 nitrogen and oxygen atoms in total. The largest absolute Gasteiger partial charge is 0.354 e. The number of carbonyl (C=O) groups is 2. The van der Waals surface area contributed by atoms with Gasteiger partial charge in [-0.15, -0.1) is 0 Å². The van der Waals surface area contributed by atoms with Gasteiger partial charge in [-0.2, -0.15) is 0 Å². The van der Waals surface area contributed by atoms with Gasteiger partial charge in [0.25, 0.3) is 15.7 Å². The van der Waals surface area contributed by atoms with Crippen LogP contribution in [0.25, 0.3) is 0 Å². The molecule has 3 aromatic carbocycles. The molecule has 0 aliphatic rings. The van der Waals surface area contributed by atoms with Crippen molar-refractivity contribution in [2.24, 2.45) is 0 Å². The maximum Gasteiger partial charge on any atom is 0.269 e. The Morgan fingerprint density at radius 2 is 1.52 bits per heavy atom. The van der Waals surface area contributed by atoms with Gasteiger partial charge in [-0.05, 0) is 42.7 Å². The average molecular weight is 567 g/mol. The summed E-state index contributed by atoms with van der Waals surface area (Å²) in [7, 11) is -4.24. The number of rotatable bonds is 14. The normalized spacial score (nSPS) is 11.8. The van der Waals surface area contributed by atoms with Crippen LogP contribution in [0.15, 0.2) is 89.8 Å². The highest BCUT2D eigenvalue weighted by molar-refractivity contribution is 7.92. The highest BCUT2D eigenvalue weighted by Gasteiger charge is 2.33. The zero-order valence-electron chi connectivity index (χ0n) is 22.6. The summed E-state index contributed by atoms with van der Waals surface area (Å²) in [6.45, 7) is 3.76. The summed E-state index contributed by atoms with van der Waals surface area (Å²) in [4.78, 5) is 39.1. The standard InChI is InChI=1S/C29H34N4O6S/c1-3-5-20-30-29(35)27(4-2)31(21-23-12-8-6-9-13-23)28(34)22-32(24-16-18-25(19-17-24)33(36)37)40(38,39)26-14-10-7-11-15-26/h6-19,27H,3-5,20-22H2,1-2H3,(H,30,35). The lowest BCUT2D eigenvalue weighted by Crippen LogP contribution is -2.52. The molecule has 0 saturated carbocycles. The number of nitro benzene ring substituents is 1. The molecule has 2 amide bonds. The van der Waals surface area contributed by atoms with Gasteiger partial charge in [0.05, 0.1) is 15.5 Å². The molecule has 0 fully saturated rings. The van der Waals surface area contributed by atoms with Crippen LogP contribution in [0.3, 0.4) is 0 Å². The average Bonchev–Trinajstić information content (AvgIpc) is 2.96. The van der Waals surface area contributed by atoms with Crippen LogP contribution in [0.5, 0.6) is 0 Å². The van der Waals surface area contributed by atoms with E-state index in [1.807, 2.05) is 37.3 Å². The van der Waals surface area contributed by atoms with E-state index in [1.165, 1.54) is 41.3 Å². The monoisotopic (exact) mass is 566 g/mol. The fourth-order valence-electron chi connectivity index (χ4n) is 4.19. The third-order valence-electron chi connectivity index (χ3n) is 6.37. The second-order valence-electron chi connectivity index (χ2n) is 9.17. The van der Waals surface area contributed by atoms with Gasteiger partial charge in [-0.25, -0.2) is 8.42 Å². The third kappa shape index (κ3) is 7.66. The van der Waals surface area contributed by atoms with Crippen LogP contribution >= 0.6 is 0 Å². The van der Waals surface area contributed by atoms with Crippen molar-refractivity contribution in [3.05, 3.63) is 101 Å². The number of nitrogens with one attached hydrogen (secondary N) is 1. The minimum Gasteiger partial charge on any atom is -0.354 e. The Morgan fingerprint density at radius 3 is 2.08 bits per heavy atom. The number of non-ortho nitro benzene ring substituents is 1. The fraction of sp³-hybridized carbons (Fsp3) is 0.310. The van der Waals surface area contributed by atoms with Crippen LogP contribution in [0.2, 0.25) is 0 Å². The molecule has 0 bridgehead atoms. The van der Waals surface area contributed by atoms with E-state index in [4.69, 9.17) is 0 Å². The van der Waals surface area contributed by atoms with Crippen molar-refractivity contribution in [2.45, 2.75) is 50.6 Å². The topological polar surface area (TPSA) is 130 Å². The minimum atomic E-state index is -4.24. The van der Waals surface area contributed by atoms with E-state index in [0.717, 1.165) is 22.7 Å². The summed E-state index contributed by atoms with van der Waals surface area (Å²) in [5.74, 6) is -0.896. The molecular weight excluding hydrogens is 532 g/mol. The van der Waals surface area contributed by atoms with Crippen LogP contribution in [0.4, 0.5) is 11.4 Å². The molecule has 1 atom stereocenters. The summed E-state index contributed by atoms with van der Waals surface area (Å²) >= 11 is 0. The van der Waals surface area contributed by atoms with Gasteiger partial charge in [0.15, 0.2) is 0 Å². The number of hydrogen-bond donors (Lipinski definition) is 1. The molecule has 1 unspecified atom stereocenters.